The van der Waals surface area contributed by atoms with Crippen molar-refractivity contribution in [3.8, 4) is 5.75 Å². The minimum Gasteiger partial charge on any atom is -0.495 e. The molecule has 1 saturated heterocycles. The predicted octanol–water partition coefficient (Wildman–Crippen LogP) is 3.47. The van der Waals surface area contributed by atoms with Crippen molar-refractivity contribution < 1.29 is 18.7 Å². The summed E-state index contributed by atoms with van der Waals surface area (Å²) < 4.78 is 18.1. The van der Waals surface area contributed by atoms with Crippen LogP contribution in [0.4, 0.5) is 10.1 Å². The second kappa shape index (κ2) is 7.74. The van der Waals surface area contributed by atoms with Gasteiger partial charge in [-0.3, -0.25) is 9.59 Å². The van der Waals surface area contributed by atoms with E-state index in [1.807, 2.05) is 0 Å². The number of ether oxygens (including phenoxy) is 1. The van der Waals surface area contributed by atoms with E-state index in [0.717, 1.165) is 5.56 Å². The molecule has 1 fully saturated rings. The maximum absolute atomic E-state index is 13.0. The third-order valence-electron chi connectivity index (χ3n) is 4.29. The molecule has 1 heterocycles. The Morgan fingerprint density at radius 3 is 2.69 bits per heavy atom. The fourth-order valence-electron chi connectivity index (χ4n) is 2.90. The van der Waals surface area contributed by atoms with Gasteiger partial charge in [0.2, 0.25) is 11.8 Å². The lowest BCUT2D eigenvalue weighted by Gasteiger charge is -2.17. The van der Waals surface area contributed by atoms with Gasteiger partial charge in [0, 0.05) is 25.2 Å². The van der Waals surface area contributed by atoms with Gasteiger partial charge in [-0.15, -0.1) is 0 Å². The zero-order valence-electron chi connectivity index (χ0n) is 14.2. The summed E-state index contributed by atoms with van der Waals surface area (Å²) in [5.74, 6) is -0.574. The maximum atomic E-state index is 13.0. The zero-order valence-corrected chi connectivity index (χ0v) is 14.9. The van der Waals surface area contributed by atoms with Crippen LogP contribution in [0.1, 0.15) is 12.0 Å². The Morgan fingerprint density at radius 2 is 2.04 bits per heavy atom. The number of hydrogen-bond donors (Lipinski definition) is 1. The first-order chi connectivity index (χ1) is 12.5. The molecule has 1 N–H and O–H groups in total. The first-order valence-corrected chi connectivity index (χ1v) is 8.50. The molecule has 5 nitrogen and oxygen atoms in total. The van der Waals surface area contributed by atoms with Gasteiger partial charge < -0.3 is 15.0 Å². The van der Waals surface area contributed by atoms with Gasteiger partial charge in [-0.2, -0.15) is 0 Å². The molecule has 136 valence electrons. The van der Waals surface area contributed by atoms with Crippen molar-refractivity contribution in [1.29, 1.82) is 0 Å². The van der Waals surface area contributed by atoms with E-state index in [4.69, 9.17) is 16.3 Å². The van der Waals surface area contributed by atoms with Crippen LogP contribution in [-0.2, 0) is 16.1 Å². The molecular formula is C19H18ClFN2O3. The number of carbonyl (C=O) groups is 2. The molecule has 0 bridgehead atoms. The number of amides is 2. The van der Waals surface area contributed by atoms with E-state index in [-0.39, 0.29) is 24.1 Å². The van der Waals surface area contributed by atoms with Crippen molar-refractivity contribution in [3.63, 3.8) is 0 Å². The minimum absolute atomic E-state index is 0.0951. The Morgan fingerprint density at radius 1 is 1.31 bits per heavy atom. The molecular weight excluding hydrogens is 359 g/mol. The van der Waals surface area contributed by atoms with Crippen LogP contribution in [0.25, 0.3) is 0 Å². The van der Waals surface area contributed by atoms with Gasteiger partial charge in [0.25, 0.3) is 0 Å². The van der Waals surface area contributed by atoms with E-state index in [9.17, 15) is 14.0 Å². The number of halogens is 2. The van der Waals surface area contributed by atoms with E-state index >= 15 is 0 Å². The second-order valence-electron chi connectivity index (χ2n) is 6.14. The first kappa shape index (κ1) is 18.2. The molecule has 3 rings (SSSR count). The quantitative estimate of drug-likeness (QED) is 0.869. The van der Waals surface area contributed by atoms with Crippen LogP contribution in [-0.4, -0.2) is 30.4 Å². The Bertz CT molecular complexity index is 826. The van der Waals surface area contributed by atoms with Crippen molar-refractivity contribution in [2.75, 3.05) is 19.0 Å². The normalized spacial score (nSPS) is 16.7. The van der Waals surface area contributed by atoms with Crippen molar-refractivity contribution in [3.05, 3.63) is 58.9 Å². The van der Waals surface area contributed by atoms with E-state index in [2.05, 4.69) is 5.32 Å². The van der Waals surface area contributed by atoms with Gasteiger partial charge in [-0.1, -0.05) is 23.7 Å². The molecule has 1 aliphatic heterocycles. The summed E-state index contributed by atoms with van der Waals surface area (Å²) in [5.41, 5.74) is 1.37. The highest BCUT2D eigenvalue weighted by Gasteiger charge is 2.34. The van der Waals surface area contributed by atoms with Crippen molar-refractivity contribution in [2.24, 2.45) is 5.92 Å². The Hall–Kier alpha value is -2.60. The van der Waals surface area contributed by atoms with E-state index in [1.54, 1.807) is 35.2 Å². The highest BCUT2D eigenvalue weighted by Crippen LogP contribution is 2.28. The standard InChI is InChI=1S/C19H18ClFN2O3/c1-26-17-7-6-15(9-16(17)20)22-19(25)13-8-18(24)23(11-13)10-12-2-4-14(21)5-3-12/h2-7,9,13H,8,10-11H2,1H3,(H,22,25). The van der Waals surface area contributed by atoms with Crippen molar-refractivity contribution in [2.45, 2.75) is 13.0 Å². The number of nitrogens with one attached hydrogen (secondary N) is 1. The smallest absolute Gasteiger partial charge is 0.229 e. The number of rotatable bonds is 5. The molecule has 26 heavy (non-hydrogen) atoms. The van der Waals surface area contributed by atoms with Crippen LogP contribution in [0.15, 0.2) is 42.5 Å². The minimum atomic E-state index is -0.441. The number of hydrogen-bond acceptors (Lipinski definition) is 3. The number of benzene rings is 2. The van der Waals surface area contributed by atoms with E-state index in [1.165, 1.54) is 19.2 Å². The Labute approximate surface area is 155 Å². The summed E-state index contributed by atoms with van der Waals surface area (Å²) in [6.45, 7) is 0.684. The maximum Gasteiger partial charge on any atom is 0.229 e. The van der Waals surface area contributed by atoms with Crippen LogP contribution in [0.2, 0.25) is 5.02 Å². The van der Waals surface area contributed by atoms with E-state index in [0.29, 0.717) is 29.5 Å². The summed E-state index contributed by atoms with van der Waals surface area (Å²) in [5, 5.41) is 3.18. The largest absolute Gasteiger partial charge is 0.495 e. The lowest BCUT2D eigenvalue weighted by Crippen LogP contribution is -2.28. The third-order valence-corrected chi connectivity index (χ3v) is 4.59. The fraction of sp³-hybridized carbons (Fsp3) is 0.263. The first-order valence-electron chi connectivity index (χ1n) is 8.13. The number of likely N-dealkylation sites (tertiary alicyclic amines) is 1. The van der Waals surface area contributed by atoms with Crippen LogP contribution in [0.3, 0.4) is 0 Å². The van der Waals surface area contributed by atoms with Crippen LogP contribution in [0, 0.1) is 11.7 Å². The molecule has 0 spiro atoms. The molecule has 0 aliphatic carbocycles. The SMILES string of the molecule is COc1ccc(NC(=O)C2CC(=O)N(Cc3ccc(F)cc3)C2)cc1Cl. The average molecular weight is 377 g/mol. The summed E-state index contributed by atoms with van der Waals surface area (Å²) in [7, 11) is 1.51. The van der Waals surface area contributed by atoms with Gasteiger partial charge in [0.1, 0.15) is 11.6 Å². The molecule has 7 heteroatoms. The predicted molar refractivity (Wildman–Crippen MR) is 96.6 cm³/mol. The number of methoxy groups -OCH3 is 1. The lowest BCUT2D eigenvalue weighted by atomic mass is 10.1. The lowest BCUT2D eigenvalue weighted by molar-refractivity contribution is -0.128. The van der Waals surface area contributed by atoms with Gasteiger partial charge in [-0.05, 0) is 35.9 Å². The monoisotopic (exact) mass is 376 g/mol. The highest BCUT2D eigenvalue weighted by atomic mass is 35.5. The highest BCUT2D eigenvalue weighted by molar-refractivity contribution is 6.32. The van der Waals surface area contributed by atoms with E-state index < -0.39 is 5.92 Å². The summed E-state index contributed by atoms with van der Waals surface area (Å²) >= 11 is 6.06. The molecule has 0 radical (unpaired) electrons. The number of carbonyl (C=O) groups excluding carboxylic acids is 2. The van der Waals surface area contributed by atoms with Gasteiger partial charge in [0.15, 0.2) is 0 Å². The van der Waals surface area contributed by atoms with Gasteiger partial charge in [-0.25, -0.2) is 4.39 Å². The van der Waals surface area contributed by atoms with Gasteiger partial charge in [0.05, 0.1) is 18.1 Å². The average Bonchev–Trinajstić information content (AvgIpc) is 2.98. The molecule has 2 aromatic rings. The Kier molecular flexibility index (Phi) is 5.42. The summed E-state index contributed by atoms with van der Waals surface area (Å²) in [6, 6.07) is 10.9. The number of anilines is 1. The van der Waals surface area contributed by atoms with Crippen LogP contribution >= 0.6 is 11.6 Å². The van der Waals surface area contributed by atoms with Crippen molar-refractivity contribution in [1.82, 2.24) is 4.90 Å². The molecule has 1 aliphatic rings. The van der Waals surface area contributed by atoms with Crippen molar-refractivity contribution >= 4 is 29.1 Å². The zero-order chi connectivity index (χ0) is 18.7. The summed E-state index contributed by atoms with van der Waals surface area (Å²) in [6.07, 6.45) is 0.150. The molecule has 0 aromatic heterocycles. The Balaban J connectivity index is 1.61. The molecule has 0 saturated carbocycles. The molecule has 1 atom stereocenters. The van der Waals surface area contributed by atoms with Crippen LogP contribution < -0.4 is 10.1 Å². The van der Waals surface area contributed by atoms with Gasteiger partial charge >= 0.3 is 0 Å². The number of nitrogens with zero attached hydrogens (tertiary/aromatic N) is 1. The third kappa shape index (κ3) is 4.14. The molecule has 2 amide bonds. The molecule has 2 aromatic carbocycles. The molecule has 1 unspecified atom stereocenters. The topological polar surface area (TPSA) is 58.6 Å². The second-order valence-corrected chi connectivity index (χ2v) is 6.55. The fourth-order valence-corrected chi connectivity index (χ4v) is 3.16. The van der Waals surface area contributed by atoms with Crippen LogP contribution in [0.5, 0.6) is 5.75 Å². The summed E-state index contributed by atoms with van der Waals surface area (Å²) in [4.78, 5) is 26.2.